The van der Waals surface area contributed by atoms with Crippen molar-refractivity contribution in [3.8, 4) is 0 Å². The molecule has 0 spiro atoms. The van der Waals surface area contributed by atoms with Crippen LogP contribution in [0.2, 0.25) is 0 Å². The number of hydrogen-bond donors (Lipinski definition) is 2. The third-order valence-corrected chi connectivity index (χ3v) is 4.26. The number of fused-ring (bicyclic) bond motifs is 1. The van der Waals surface area contributed by atoms with Crippen LogP contribution in [-0.2, 0) is 12.4 Å². The molecular formula is C17H20ClN5O2. The average Bonchev–Trinajstić information content (AvgIpc) is 3.05. The number of alkyl halides is 1. The van der Waals surface area contributed by atoms with E-state index in [1.54, 1.807) is 11.2 Å². The molecule has 0 fully saturated rings. The van der Waals surface area contributed by atoms with Gasteiger partial charge < -0.3 is 19.7 Å². The van der Waals surface area contributed by atoms with Crippen molar-refractivity contribution in [2.75, 3.05) is 31.2 Å². The van der Waals surface area contributed by atoms with Crippen molar-refractivity contribution in [3.63, 3.8) is 0 Å². The normalized spacial score (nSPS) is 11.2. The fourth-order valence-electron chi connectivity index (χ4n) is 2.71. The lowest BCUT2D eigenvalue weighted by molar-refractivity contribution is 0.281. The van der Waals surface area contributed by atoms with Gasteiger partial charge in [0.25, 0.3) is 0 Å². The molecule has 2 aromatic heterocycles. The van der Waals surface area contributed by atoms with Gasteiger partial charge in [-0.1, -0.05) is 24.3 Å². The van der Waals surface area contributed by atoms with Crippen molar-refractivity contribution in [1.82, 2.24) is 19.5 Å². The SMILES string of the molecule is OCCN(CCO)c1ncnc2c1ncn2Cc1ccc(CCl)cc1. The Morgan fingerprint density at radius 3 is 2.28 bits per heavy atom. The van der Waals surface area contributed by atoms with Crippen LogP contribution >= 0.6 is 11.6 Å². The molecule has 0 saturated heterocycles. The Balaban J connectivity index is 1.91. The number of rotatable bonds is 8. The maximum absolute atomic E-state index is 9.24. The fourth-order valence-corrected chi connectivity index (χ4v) is 2.89. The molecule has 0 aliphatic carbocycles. The third kappa shape index (κ3) is 3.89. The molecular weight excluding hydrogens is 342 g/mol. The molecule has 0 bridgehead atoms. The molecule has 8 heteroatoms. The number of anilines is 1. The molecule has 0 aliphatic heterocycles. The van der Waals surface area contributed by atoms with E-state index in [-0.39, 0.29) is 13.2 Å². The largest absolute Gasteiger partial charge is 0.395 e. The molecule has 132 valence electrons. The van der Waals surface area contributed by atoms with E-state index in [1.165, 1.54) is 6.33 Å². The van der Waals surface area contributed by atoms with E-state index in [0.717, 1.165) is 11.1 Å². The second-order valence-electron chi connectivity index (χ2n) is 5.63. The maximum atomic E-state index is 9.24. The number of halogens is 1. The van der Waals surface area contributed by atoms with E-state index in [1.807, 2.05) is 28.8 Å². The summed E-state index contributed by atoms with van der Waals surface area (Å²) in [7, 11) is 0. The standard InChI is InChI=1S/C17H20ClN5O2/c18-9-13-1-3-14(4-2-13)10-23-12-21-15-16(19-11-20-17(15)23)22(5-7-24)6-8-25/h1-4,11-12,24-25H,5-10H2. The molecule has 0 aliphatic rings. The predicted molar refractivity (Wildman–Crippen MR) is 96.8 cm³/mol. The lowest BCUT2D eigenvalue weighted by Crippen LogP contribution is -2.30. The number of aliphatic hydroxyl groups is 2. The molecule has 2 heterocycles. The zero-order valence-corrected chi connectivity index (χ0v) is 14.5. The summed E-state index contributed by atoms with van der Waals surface area (Å²) in [5.74, 6) is 1.11. The molecule has 2 N–H and O–H groups in total. The Kier molecular flexibility index (Phi) is 5.80. The van der Waals surface area contributed by atoms with Crippen LogP contribution in [0.1, 0.15) is 11.1 Å². The summed E-state index contributed by atoms with van der Waals surface area (Å²) >= 11 is 5.83. The highest BCUT2D eigenvalue weighted by atomic mass is 35.5. The summed E-state index contributed by atoms with van der Waals surface area (Å²) in [6, 6.07) is 8.09. The first kappa shape index (κ1) is 17.6. The second kappa shape index (κ2) is 8.24. The van der Waals surface area contributed by atoms with Gasteiger partial charge in [0.05, 0.1) is 26.1 Å². The summed E-state index contributed by atoms with van der Waals surface area (Å²) in [4.78, 5) is 14.9. The molecule has 0 unspecified atom stereocenters. The first-order valence-corrected chi connectivity index (χ1v) is 8.56. The minimum atomic E-state index is -0.0286. The van der Waals surface area contributed by atoms with Crippen LogP contribution in [0.4, 0.5) is 5.82 Å². The Hall–Kier alpha value is -2.22. The number of imidazole rings is 1. The highest BCUT2D eigenvalue weighted by Crippen LogP contribution is 2.22. The highest BCUT2D eigenvalue weighted by Gasteiger charge is 2.15. The van der Waals surface area contributed by atoms with Gasteiger partial charge in [-0.3, -0.25) is 0 Å². The molecule has 3 rings (SSSR count). The van der Waals surface area contributed by atoms with Crippen LogP contribution in [0.5, 0.6) is 0 Å². The summed E-state index contributed by atoms with van der Waals surface area (Å²) in [6.07, 6.45) is 3.21. The van der Waals surface area contributed by atoms with Crippen LogP contribution in [0.3, 0.4) is 0 Å². The molecule has 3 aromatic rings. The van der Waals surface area contributed by atoms with Gasteiger partial charge in [-0.25, -0.2) is 15.0 Å². The van der Waals surface area contributed by atoms with Crippen molar-refractivity contribution in [2.45, 2.75) is 12.4 Å². The van der Waals surface area contributed by atoms with Gasteiger partial charge in [0, 0.05) is 19.0 Å². The van der Waals surface area contributed by atoms with Crippen molar-refractivity contribution < 1.29 is 10.2 Å². The highest BCUT2D eigenvalue weighted by molar-refractivity contribution is 6.17. The summed E-state index contributed by atoms with van der Waals surface area (Å²) in [5, 5.41) is 18.5. The fraction of sp³-hybridized carbons (Fsp3) is 0.353. The molecule has 7 nitrogen and oxygen atoms in total. The molecule has 0 atom stereocenters. The zero-order valence-electron chi connectivity index (χ0n) is 13.7. The molecule has 1 aromatic carbocycles. The minimum absolute atomic E-state index is 0.0286. The minimum Gasteiger partial charge on any atom is -0.395 e. The summed E-state index contributed by atoms with van der Waals surface area (Å²) in [5.41, 5.74) is 3.57. The smallest absolute Gasteiger partial charge is 0.165 e. The summed E-state index contributed by atoms with van der Waals surface area (Å²) < 4.78 is 1.95. The van der Waals surface area contributed by atoms with E-state index in [4.69, 9.17) is 11.6 Å². The van der Waals surface area contributed by atoms with Gasteiger partial charge >= 0.3 is 0 Å². The van der Waals surface area contributed by atoms with Gasteiger partial charge in [0.1, 0.15) is 6.33 Å². The Labute approximate surface area is 150 Å². The topological polar surface area (TPSA) is 87.3 Å². The van der Waals surface area contributed by atoms with Crippen LogP contribution < -0.4 is 4.90 Å². The first-order valence-electron chi connectivity index (χ1n) is 8.03. The number of benzene rings is 1. The number of aliphatic hydroxyl groups excluding tert-OH is 2. The van der Waals surface area contributed by atoms with Gasteiger partial charge in [-0.2, -0.15) is 0 Å². The van der Waals surface area contributed by atoms with E-state index in [0.29, 0.717) is 42.5 Å². The Morgan fingerprint density at radius 2 is 1.64 bits per heavy atom. The Bertz CT molecular complexity index is 816. The summed E-state index contributed by atoms with van der Waals surface area (Å²) in [6.45, 7) is 1.33. The van der Waals surface area contributed by atoms with Crippen LogP contribution in [0.25, 0.3) is 11.2 Å². The Morgan fingerprint density at radius 1 is 0.960 bits per heavy atom. The van der Waals surface area contributed by atoms with Gasteiger partial charge in [-0.05, 0) is 11.1 Å². The van der Waals surface area contributed by atoms with E-state index < -0.39 is 0 Å². The van der Waals surface area contributed by atoms with Crippen LogP contribution in [0.15, 0.2) is 36.9 Å². The number of aromatic nitrogens is 4. The molecule has 0 radical (unpaired) electrons. The zero-order chi connectivity index (χ0) is 17.6. The van der Waals surface area contributed by atoms with Crippen LogP contribution in [0, 0.1) is 0 Å². The number of nitrogens with zero attached hydrogens (tertiary/aromatic N) is 5. The quantitative estimate of drug-likeness (QED) is 0.590. The van der Waals surface area contributed by atoms with E-state index in [9.17, 15) is 10.2 Å². The van der Waals surface area contributed by atoms with Crippen molar-refractivity contribution in [3.05, 3.63) is 48.0 Å². The first-order chi connectivity index (χ1) is 12.3. The van der Waals surface area contributed by atoms with Crippen molar-refractivity contribution in [1.29, 1.82) is 0 Å². The lowest BCUT2D eigenvalue weighted by Gasteiger charge is -2.21. The van der Waals surface area contributed by atoms with Crippen LogP contribution in [-0.4, -0.2) is 56.0 Å². The van der Waals surface area contributed by atoms with Crippen molar-refractivity contribution in [2.24, 2.45) is 0 Å². The van der Waals surface area contributed by atoms with Gasteiger partial charge in [-0.15, -0.1) is 11.6 Å². The van der Waals surface area contributed by atoms with E-state index in [2.05, 4.69) is 15.0 Å². The monoisotopic (exact) mass is 361 g/mol. The van der Waals surface area contributed by atoms with E-state index >= 15 is 0 Å². The molecule has 25 heavy (non-hydrogen) atoms. The third-order valence-electron chi connectivity index (χ3n) is 3.95. The maximum Gasteiger partial charge on any atom is 0.165 e. The number of hydrogen-bond acceptors (Lipinski definition) is 6. The second-order valence-corrected chi connectivity index (χ2v) is 5.89. The van der Waals surface area contributed by atoms with Gasteiger partial charge in [0.15, 0.2) is 17.0 Å². The average molecular weight is 362 g/mol. The molecule has 0 saturated carbocycles. The van der Waals surface area contributed by atoms with Crippen molar-refractivity contribution >= 4 is 28.6 Å². The van der Waals surface area contributed by atoms with Gasteiger partial charge in [0.2, 0.25) is 0 Å². The molecule has 0 amide bonds. The predicted octanol–water partition coefficient (Wildman–Crippen LogP) is 1.40. The lowest BCUT2D eigenvalue weighted by atomic mass is 10.1.